The van der Waals surface area contributed by atoms with E-state index in [1.54, 1.807) is 25.1 Å². The second-order valence-electron chi connectivity index (χ2n) is 12.2. The Morgan fingerprint density at radius 1 is 1.02 bits per heavy atom. The van der Waals surface area contributed by atoms with Gasteiger partial charge in [-0.1, -0.05) is 30.3 Å². The number of carbonyl (C=O) groups is 4. The number of aromatic hydroxyl groups is 1. The Morgan fingerprint density at radius 3 is 2.27 bits per heavy atom. The average Bonchev–Trinajstić information content (AvgIpc) is 2.93. The van der Waals surface area contributed by atoms with E-state index in [4.69, 9.17) is 5.73 Å². The Bertz CT molecular complexity index is 1640. The first kappa shape index (κ1) is 30.9. The van der Waals surface area contributed by atoms with Crippen molar-refractivity contribution in [1.82, 2.24) is 15.1 Å². The molecule has 5 rings (SSSR count). The van der Waals surface area contributed by atoms with Crippen LogP contribution in [0.3, 0.4) is 0 Å². The van der Waals surface area contributed by atoms with Gasteiger partial charge in [0, 0.05) is 18.0 Å². The molecule has 0 radical (unpaired) electrons. The van der Waals surface area contributed by atoms with E-state index in [1.165, 1.54) is 11.0 Å². The van der Waals surface area contributed by atoms with Crippen LogP contribution in [0.15, 0.2) is 53.3 Å². The lowest BCUT2D eigenvalue weighted by Gasteiger charge is -2.50. The van der Waals surface area contributed by atoms with E-state index in [1.807, 2.05) is 38.4 Å². The molecule has 0 heterocycles. The van der Waals surface area contributed by atoms with Crippen molar-refractivity contribution < 1.29 is 39.6 Å². The van der Waals surface area contributed by atoms with E-state index < -0.39 is 58.0 Å². The molecule has 0 unspecified atom stereocenters. The number of likely N-dealkylation sites (N-methyl/N-ethyl adjacent to an activating group) is 2. The van der Waals surface area contributed by atoms with Gasteiger partial charge in [0.1, 0.15) is 22.8 Å². The molecule has 12 heteroatoms. The van der Waals surface area contributed by atoms with Crippen LogP contribution in [0.4, 0.5) is 0 Å². The van der Waals surface area contributed by atoms with E-state index in [9.17, 15) is 39.6 Å². The lowest BCUT2D eigenvalue weighted by molar-refractivity contribution is -0.153. The zero-order valence-corrected chi connectivity index (χ0v) is 24.9. The van der Waals surface area contributed by atoms with Crippen LogP contribution in [-0.2, 0) is 32.1 Å². The number of phenolic OH excluding ortho intramolecular Hbond substituents is 1. The van der Waals surface area contributed by atoms with Crippen LogP contribution in [0.1, 0.15) is 23.1 Å². The molecule has 0 aromatic heterocycles. The molecule has 3 aliphatic carbocycles. The molecule has 1 saturated carbocycles. The number of aliphatic hydroxyl groups excluding tert-OH is 2. The van der Waals surface area contributed by atoms with Gasteiger partial charge in [0.2, 0.25) is 11.7 Å². The summed E-state index contributed by atoms with van der Waals surface area (Å²) in [4.78, 5) is 54.7. The molecule has 2 aromatic carbocycles. The van der Waals surface area contributed by atoms with Gasteiger partial charge < -0.3 is 36.4 Å². The summed E-state index contributed by atoms with van der Waals surface area (Å²) in [5, 5.41) is 47.9. The van der Waals surface area contributed by atoms with Crippen molar-refractivity contribution in [2.75, 3.05) is 34.7 Å². The maximum absolute atomic E-state index is 14.0. The summed E-state index contributed by atoms with van der Waals surface area (Å²) in [6.45, 7) is 0.608. The van der Waals surface area contributed by atoms with Crippen molar-refractivity contribution in [3.05, 3.63) is 70.0 Å². The van der Waals surface area contributed by atoms with Gasteiger partial charge in [0.15, 0.2) is 11.4 Å². The molecule has 0 spiro atoms. The predicted molar refractivity (Wildman–Crippen MR) is 160 cm³/mol. The third-order valence-corrected chi connectivity index (χ3v) is 8.82. The van der Waals surface area contributed by atoms with Crippen LogP contribution in [-0.4, -0.2) is 100.0 Å². The number of hydrogen-bond acceptors (Lipinski definition) is 10. The van der Waals surface area contributed by atoms with Gasteiger partial charge in [-0.25, -0.2) is 0 Å². The molecular formula is C32H36N4O8. The first-order chi connectivity index (χ1) is 20.7. The summed E-state index contributed by atoms with van der Waals surface area (Å²) in [5.74, 6) is -7.01. The molecule has 1 fully saturated rings. The van der Waals surface area contributed by atoms with Crippen molar-refractivity contribution in [3.63, 3.8) is 0 Å². The number of carbonyl (C=O) groups excluding carboxylic acids is 4. The van der Waals surface area contributed by atoms with E-state index in [-0.39, 0.29) is 42.2 Å². The third-order valence-electron chi connectivity index (χ3n) is 8.82. The highest BCUT2D eigenvalue weighted by molar-refractivity contribution is 6.24. The molecule has 2 aromatic rings. The maximum Gasteiger partial charge on any atom is 0.255 e. The van der Waals surface area contributed by atoms with E-state index in [0.717, 1.165) is 11.1 Å². The van der Waals surface area contributed by atoms with Gasteiger partial charge in [-0.2, -0.15) is 0 Å². The zero-order chi connectivity index (χ0) is 32.2. The molecule has 2 amide bonds. The number of fused-ring (bicyclic) bond motifs is 3. The number of Topliss-reactive ketones (excluding diaryl/α,β-unsaturated/α-hetero) is 2. The predicted octanol–water partition coefficient (Wildman–Crippen LogP) is 0.809. The Morgan fingerprint density at radius 2 is 1.68 bits per heavy atom. The Labute approximate surface area is 254 Å². The van der Waals surface area contributed by atoms with Crippen LogP contribution < -0.4 is 11.1 Å². The van der Waals surface area contributed by atoms with Crippen molar-refractivity contribution in [1.29, 1.82) is 0 Å². The zero-order valence-electron chi connectivity index (χ0n) is 24.9. The molecule has 12 nitrogen and oxygen atoms in total. The largest absolute Gasteiger partial charge is 0.508 e. The Balaban J connectivity index is 1.56. The number of hydrogen-bond donors (Lipinski definition) is 6. The van der Waals surface area contributed by atoms with Crippen molar-refractivity contribution >= 4 is 29.1 Å². The topological polar surface area (TPSA) is 194 Å². The minimum atomic E-state index is -2.68. The lowest BCUT2D eigenvalue weighted by Crippen LogP contribution is -2.65. The standard InChI is InChI=1S/C32H36N4O8/c1-35(2)14-22(38)34-13-15-5-7-16(8-6-15)18-9-10-21(37)24-19(18)11-17-12-20-26(36(3)4)28(40)25(31(33)43)30(42)32(20,44)29(41)23(17)27(24)39/h5-10,17,20,26,37,39,42,44H,11-14H2,1-4H3,(H2,33,43)(H,34,38)/t17-,20+,26+,32+/m0/s1. The Kier molecular flexibility index (Phi) is 7.87. The monoisotopic (exact) mass is 604 g/mol. The number of nitrogens with one attached hydrogen (secondary N) is 1. The number of ketones is 2. The van der Waals surface area contributed by atoms with E-state index in [0.29, 0.717) is 17.7 Å². The summed E-state index contributed by atoms with van der Waals surface area (Å²) in [5.41, 5.74) is 4.57. The molecule has 7 N–H and O–H groups in total. The lowest BCUT2D eigenvalue weighted by atomic mass is 9.57. The van der Waals surface area contributed by atoms with Crippen LogP contribution in [0.2, 0.25) is 0 Å². The molecule has 0 bridgehead atoms. The second-order valence-corrected chi connectivity index (χ2v) is 12.2. The second kappa shape index (κ2) is 11.2. The van der Waals surface area contributed by atoms with Gasteiger partial charge in [0.25, 0.3) is 5.91 Å². The molecule has 0 aliphatic heterocycles. The fourth-order valence-electron chi connectivity index (χ4n) is 6.86. The highest BCUT2D eigenvalue weighted by atomic mass is 16.3. The van der Waals surface area contributed by atoms with Gasteiger partial charge >= 0.3 is 0 Å². The number of rotatable bonds is 7. The minimum absolute atomic E-state index is 0.00639. The smallest absolute Gasteiger partial charge is 0.255 e. The van der Waals surface area contributed by atoms with Crippen molar-refractivity contribution in [2.24, 2.45) is 17.6 Å². The van der Waals surface area contributed by atoms with E-state index in [2.05, 4.69) is 5.32 Å². The summed E-state index contributed by atoms with van der Waals surface area (Å²) < 4.78 is 0. The fourth-order valence-corrected chi connectivity index (χ4v) is 6.86. The number of aliphatic hydroxyl groups is 3. The third kappa shape index (κ3) is 4.84. The molecule has 232 valence electrons. The van der Waals surface area contributed by atoms with Gasteiger partial charge in [-0.3, -0.25) is 24.1 Å². The SMILES string of the molecule is CN(C)CC(=O)NCc1ccc(-c2ccc(O)c3c2C[C@H]2C[C@@H]4[C@@H](N(C)C)C(=O)C(C(N)=O)=C(O)[C@]4(O)C(=O)C2=C3O)cc1. The van der Waals surface area contributed by atoms with Crippen LogP contribution in [0.25, 0.3) is 16.9 Å². The normalized spacial score (nSPS) is 24.8. The van der Waals surface area contributed by atoms with Crippen molar-refractivity contribution in [2.45, 2.75) is 31.0 Å². The quantitative estimate of drug-likeness (QED) is 0.246. The Hall–Kier alpha value is -4.52. The minimum Gasteiger partial charge on any atom is -0.508 e. The van der Waals surface area contributed by atoms with Gasteiger partial charge in [-0.15, -0.1) is 0 Å². The fraction of sp³-hybridized carbons (Fsp3) is 0.375. The van der Waals surface area contributed by atoms with Crippen molar-refractivity contribution in [3.8, 4) is 16.9 Å². The number of nitrogens with zero attached hydrogens (tertiary/aromatic N) is 2. The summed E-state index contributed by atoms with van der Waals surface area (Å²) in [6, 6.07) is 9.40. The summed E-state index contributed by atoms with van der Waals surface area (Å²) in [7, 11) is 6.73. The molecule has 0 saturated heterocycles. The van der Waals surface area contributed by atoms with Gasteiger partial charge in [-0.05, 0) is 75.3 Å². The number of amides is 2. The van der Waals surface area contributed by atoms with Crippen LogP contribution >= 0.6 is 0 Å². The molecular weight excluding hydrogens is 568 g/mol. The molecule has 4 atom stereocenters. The van der Waals surface area contributed by atoms with Crippen LogP contribution in [0.5, 0.6) is 5.75 Å². The number of phenols is 1. The highest BCUT2D eigenvalue weighted by Crippen LogP contribution is 2.53. The first-order valence-corrected chi connectivity index (χ1v) is 14.2. The summed E-state index contributed by atoms with van der Waals surface area (Å²) in [6.07, 6.45) is 0.188. The molecule has 3 aliphatic rings. The maximum atomic E-state index is 14.0. The number of nitrogens with two attached hydrogens (primary N) is 1. The molecule has 44 heavy (non-hydrogen) atoms. The summed E-state index contributed by atoms with van der Waals surface area (Å²) >= 11 is 0. The highest BCUT2D eigenvalue weighted by Gasteiger charge is 2.64. The van der Waals surface area contributed by atoms with Crippen LogP contribution in [0, 0.1) is 11.8 Å². The number of primary amides is 1. The first-order valence-electron chi connectivity index (χ1n) is 14.2. The van der Waals surface area contributed by atoms with Gasteiger partial charge in [0.05, 0.1) is 18.2 Å². The van der Waals surface area contributed by atoms with E-state index >= 15 is 0 Å². The average molecular weight is 605 g/mol. The number of benzene rings is 2.